The van der Waals surface area contributed by atoms with Crippen LogP contribution >= 0.6 is 11.8 Å². The number of rotatable bonds is 3. The molecule has 0 spiro atoms. The maximum absolute atomic E-state index is 11.6. The Morgan fingerprint density at radius 3 is 2.93 bits per heavy atom. The van der Waals surface area contributed by atoms with Crippen LogP contribution in [0.1, 0.15) is 26.2 Å². The monoisotopic (exact) mass is 214 g/mol. The zero-order chi connectivity index (χ0) is 10.0. The van der Waals surface area contributed by atoms with Crippen LogP contribution < -0.4 is 10.6 Å². The van der Waals surface area contributed by atoms with Gasteiger partial charge in [-0.25, -0.2) is 0 Å². The van der Waals surface area contributed by atoms with E-state index in [4.69, 9.17) is 0 Å². The second-order valence-corrected chi connectivity index (χ2v) is 5.68. The van der Waals surface area contributed by atoms with Crippen molar-refractivity contribution in [3.05, 3.63) is 0 Å². The fourth-order valence-corrected chi connectivity index (χ4v) is 2.89. The quantitative estimate of drug-likeness (QED) is 0.735. The molecule has 1 aliphatic heterocycles. The molecule has 1 atom stereocenters. The van der Waals surface area contributed by atoms with Gasteiger partial charge in [0.05, 0.1) is 6.04 Å². The Morgan fingerprint density at radius 2 is 2.43 bits per heavy atom. The molecule has 0 unspecified atom stereocenters. The van der Waals surface area contributed by atoms with Gasteiger partial charge in [0, 0.05) is 18.2 Å². The molecule has 1 heterocycles. The summed E-state index contributed by atoms with van der Waals surface area (Å²) in [5.74, 6) is 2.01. The van der Waals surface area contributed by atoms with Crippen molar-refractivity contribution in [3.63, 3.8) is 0 Å². The summed E-state index contributed by atoms with van der Waals surface area (Å²) >= 11 is 1.79. The van der Waals surface area contributed by atoms with Crippen molar-refractivity contribution in [2.24, 2.45) is 5.41 Å². The third kappa shape index (κ3) is 2.23. The predicted molar refractivity (Wildman–Crippen MR) is 59.2 cm³/mol. The highest BCUT2D eigenvalue weighted by atomic mass is 32.2. The smallest absolute Gasteiger partial charge is 0.238 e. The summed E-state index contributed by atoms with van der Waals surface area (Å²) in [6, 6.07) is 0.0451. The fraction of sp³-hybridized carbons (Fsp3) is 0.900. The molecule has 2 fully saturated rings. The van der Waals surface area contributed by atoms with Crippen LogP contribution in [0.25, 0.3) is 0 Å². The number of thioether (sulfide) groups is 1. The van der Waals surface area contributed by atoms with Crippen LogP contribution in [0.4, 0.5) is 0 Å². The maximum Gasteiger partial charge on any atom is 0.238 e. The molecule has 80 valence electrons. The zero-order valence-corrected chi connectivity index (χ0v) is 9.45. The van der Waals surface area contributed by atoms with Gasteiger partial charge in [-0.1, -0.05) is 13.3 Å². The molecular weight excluding hydrogens is 196 g/mol. The van der Waals surface area contributed by atoms with Crippen molar-refractivity contribution >= 4 is 17.7 Å². The van der Waals surface area contributed by atoms with E-state index >= 15 is 0 Å². The van der Waals surface area contributed by atoms with E-state index in [-0.39, 0.29) is 11.9 Å². The first-order valence-corrected chi connectivity index (χ1v) is 6.44. The Hall–Kier alpha value is -0.220. The van der Waals surface area contributed by atoms with Gasteiger partial charge >= 0.3 is 0 Å². The summed E-state index contributed by atoms with van der Waals surface area (Å²) in [5, 5.41) is 6.23. The van der Waals surface area contributed by atoms with Gasteiger partial charge in [0.15, 0.2) is 0 Å². The van der Waals surface area contributed by atoms with Gasteiger partial charge in [-0.05, 0) is 18.3 Å². The summed E-state index contributed by atoms with van der Waals surface area (Å²) in [5.41, 5.74) is 0.390. The molecule has 1 saturated carbocycles. The van der Waals surface area contributed by atoms with E-state index in [1.54, 1.807) is 11.8 Å². The molecule has 2 rings (SSSR count). The van der Waals surface area contributed by atoms with Gasteiger partial charge in [0.2, 0.25) is 5.91 Å². The van der Waals surface area contributed by atoms with E-state index in [9.17, 15) is 4.79 Å². The molecule has 3 nitrogen and oxygen atoms in total. The normalized spacial score (nSPS) is 29.6. The molecule has 0 aromatic heterocycles. The largest absolute Gasteiger partial charge is 0.354 e. The molecule has 4 heteroatoms. The van der Waals surface area contributed by atoms with E-state index in [1.165, 1.54) is 19.3 Å². The molecule has 1 saturated heterocycles. The Labute approximate surface area is 89.4 Å². The second kappa shape index (κ2) is 4.11. The number of nitrogens with one attached hydrogen (secondary N) is 2. The summed E-state index contributed by atoms with van der Waals surface area (Å²) < 4.78 is 0. The van der Waals surface area contributed by atoms with Gasteiger partial charge < -0.3 is 5.32 Å². The van der Waals surface area contributed by atoms with Gasteiger partial charge in [0.1, 0.15) is 0 Å². The van der Waals surface area contributed by atoms with E-state index in [0.29, 0.717) is 5.41 Å². The number of carbonyl (C=O) groups excluding carboxylic acids is 1. The molecule has 0 aromatic rings. The van der Waals surface area contributed by atoms with Crippen molar-refractivity contribution in [2.45, 2.75) is 32.2 Å². The first kappa shape index (κ1) is 10.3. The van der Waals surface area contributed by atoms with Crippen molar-refractivity contribution < 1.29 is 4.79 Å². The molecule has 14 heavy (non-hydrogen) atoms. The molecular formula is C10H18N2OS. The predicted octanol–water partition coefficient (Wildman–Crippen LogP) is 0.955. The first-order chi connectivity index (χ1) is 6.70. The Kier molecular flexibility index (Phi) is 3.02. The van der Waals surface area contributed by atoms with Crippen molar-refractivity contribution in [1.29, 1.82) is 0 Å². The van der Waals surface area contributed by atoms with Crippen LogP contribution in [0.15, 0.2) is 0 Å². The number of carbonyl (C=O) groups is 1. The van der Waals surface area contributed by atoms with Crippen molar-refractivity contribution in [1.82, 2.24) is 10.6 Å². The van der Waals surface area contributed by atoms with Crippen LogP contribution in [-0.4, -0.2) is 30.1 Å². The van der Waals surface area contributed by atoms with Gasteiger partial charge in [-0.2, -0.15) is 0 Å². The van der Waals surface area contributed by atoms with Crippen LogP contribution in [0.5, 0.6) is 0 Å². The third-order valence-corrected chi connectivity index (χ3v) is 4.22. The minimum atomic E-state index is 0.0451. The molecule has 0 aromatic carbocycles. The summed E-state index contributed by atoms with van der Waals surface area (Å²) in [6.45, 7) is 3.11. The standard InChI is InChI=1S/C10H18N2OS/c1-10(3-2-4-10)6-11-9(13)8-5-14-7-12-8/h8,12H,2-7H2,1H3,(H,11,13)/t8-/m1/s1. The summed E-state index contributed by atoms with van der Waals surface area (Å²) in [4.78, 5) is 11.6. The average Bonchev–Trinajstić information content (AvgIpc) is 2.63. The molecule has 0 bridgehead atoms. The van der Waals surface area contributed by atoms with E-state index in [2.05, 4.69) is 17.6 Å². The minimum absolute atomic E-state index is 0.0451. The lowest BCUT2D eigenvalue weighted by Gasteiger charge is -2.38. The van der Waals surface area contributed by atoms with Gasteiger partial charge in [-0.15, -0.1) is 11.8 Å². The molecule has 0 radical (unpaired) electrons. The lowest BCUT2D eigenvalue weighted by atomic mass is 9.70. The topological polar surface area (TPSA) is 41.1 Å². The van der Waals surface area contributed by atoms with Gasteiger partial charge in [0.25, 0.3) is 0 Å². The fourth-order valence-electron chi connectivity index (χ4n) is 1.94. The molecule has 1 aliphatic carbocycles. The van der Waals surface area contributed by atoms with Crippen LogP contribution in [-0.2, 0) is 4.79 Å². The highest BCUT2D eigenvalue weighted by Crippen LogP contribution is 2.39. The van der Waals surface area contributed by atoms with Crippen molar-refractivity contribution in [2.75, 3.05) is 18.2 Å². The zero-order valence-electron chi connectivity index (χ0n) is 8.64. The van der Waals surface area contributed by atoms with Crippen molar-refractivity contribution in [3.8, 4) is 0 Å². The molecule has 1 amide bonds. The second-order valence-electron chi connectivity index (χ2n) is 4.65. The van der Waals surface area contributed by atoms with Crippen LogP contribution in [0, 0.1) is 5.41 Å². The van der Waals surface area contributed by atoms with E-state index in [0.717, 1.165) is 18.2 Å². The van der Waals surface area contributed by atoms with Crippen LogP contribution in [0.3, 0.4) is 0 Å². The summed E-state index contributed by atoms with van der Waals surface area (Å²) in [7, 11) is 0. The minimum Gasteiger partial charge on any atom is -0.354 e. The first-order valence-electron chi connectivity index (χ1n) is 5.28. The van der Waals surface area contributed by atoms with E-state index < -0.39 is 0 Å². The lowest BCUT2D eigenvalue weighted by molar-refractivity contribution is -0.123. The Balaban J connectivity index is 1.71. The molecule has 2 N–H and O–H groups in total. The van der Waals surface area contributed by atoms with Crippen LogP contribution in [0.2, 0.25) is 0 Å². The number of hydrogen-bond donors (Lipinski definition) is 2. The highest BCUT2D eigenvalue weighted by Gasteiger charge is 2.33. The van der Waals surface area contributed by atoms with E-state index in [1.807, 2.05) is 0 Å². The Bertz CT molecular complexity index is 222. The highest BCUT2D eigenvalue weighted by molar-refractivity contribution is 7.99. The lowest BCUT2D eigenvalue weighted by Crippen LogP contribution is -2.47. The molecule has 2 aliphatic rings. The van der Waals surface area contributed by atoms with Gasteiger partial charge in [-0.3, -0.25) is 10.1 Å². The number of amides is 1. The summed E-state index contributed by atoms with van der Waals surface area (Å²) in [6.07, 6.45) is 3.85. The Morgan fingerprint density at radius 1 is 1.64 bits per heavy atom. The maximum atomic E-state index is 11.6. The SMILES string of the molecule is CC1(CNC(=O)[C@H]2CSCN2)CCC1. The average molecular weight is 214 g/mol. The number of hydrogen-bond acceptors (Lipinski definition) is 3. The third-order valence-electron chi connectivity index (χ3n) is 3.28.